The Bertz CT molecular complexity index is 307. The van der Waals surface area contributed by atoms with Crippen molar-refractivity contribution in [1.82, 2.24) is 0 Å². The van der Waals surface area contributed by atoms with Crippen LogP contribution in [0.3, 0.4) is 0 Å². The number of aliphatic imine (C=N–C) groups is 1. The van der Waals surface area contributed by atoms with Gasteiger partial charge in [-0.2, -0.15) is 0 Å². The molecule has 86 valence electrons. The molecule has 2 rings (SSSR count). The van der Waals surface area contributed by atoms with Crippen LogP contribution >= 0.6 is 0 Å². The lowest BCUT2D eigenvalue weighted by Gasteiger charge is -2.15. The van der Waals surface area contributed by atoms with Crippen LogP contribution in [0.25, 0.3) is 0 Å². The molecule has 0 aliphatic heterocycles. The first-order valence-corrected chi connectivity index (χ1v) is 6.53. The van der Waals surface area contributed by atoms with Gasteiger partial charge in [-0.05, 0) is 18.4 Å². The van der Waals surface area contributed by atoms with Crippen LogP contribution in [-0.4, -0.2) is 12.3 Å². The van der Waals surface area contributed by atoms with Gasteiger partial charge in [-0.15, -0.1) is 0 Å². The third-order valence-electron chi connectivity index (χ3n) is 3.31. The first-order chi connectivity index (χ1) is 7.95. The molecule has 0 aromatic heterocycles. The zero-order valence-electron chi connectivity index (χ0n) is 9.94. The van der Waals surface area contributed by atoms with Crippen LogP contribution in [0.15, 0.2) is 35.3 Å². The lowest BCUT2D eigenvalue weighted by atomic mass is 9.97. The van der Waals surface area contributed by atoms with Gasteiger partial charge in [0.05, 0.1) is 0 Å². The Morgan fingerprint density at radius 1 is 0.875 bits per heavy atom. The van der Waals surface area contributed by atoms with E-state index in [4.69, 9.17) is 4.99 Å². The van der Waals surface area contributed by atoms with Crippen molar-refractivity contribution in [2.45, 2.75) is 51.0 Å². The van der Waals surface area contributed by atoms with Gasteiger partial charge in [0.15, 0.2) is 0 Å². The van der Waals surface area contributed by atoms with E-state index in [1.54, 1.807) is 0 Å². The van der Waals surface area contributed by atoms with E-state index in [2.05, 4.69) is 24.3 Å². The monoisotopic (exact) mass is 215 g/mol. The van der Waals surface area contributed by atoms with Crippen molar-refractivity contribution in [3.05, 3.63) is 35.9 Å². The SMILES string of the molecule is C(=NC1CCCCCCC1)c1ccccc1. The van der Waals surface area contributed by atoms with Crippen molar-refractivity contribution in [2.24, 2.45) is 4.99 Å². The fourth-order valence-corrected chi connectivity index (χ4v) is 2.31. The highest BCUT2D eigenvalue weighted by Crippen LogP contribution is 2.19. The Labute approximate surface area is 98.6 Å². The Balaban J connectivity index is 1.89. The summed E-state index contributed by atoms with van der Waals surface area (Å²) in [5, 5.41) is 0. The van der Waals surface area contributed by atoms with Gasteiger partial charge in [-0.25, -0.2) is 0 Å². The molecule has 1 aromatic rings. The van der Waals surface area contributed by atoms with Crippen LogP contribution in [0.1, 0.15) is 50.5 Å². The normalized spacial score (nSPS) is 19.5. The number of rotatable bonds is 2. The Hall–Kier alpha value is -1.11. The van der Waals surface area contributed by atoms with Crippen molar-refractivity contribution < 1.29 is 0 Å². The predicted octanol–water partition coefficient (Wildman–Crippen LogP) is 4.22. The molecule has 1 heteroatoms. The zero-order chi connectivity index (χ0) is 11.1. The summed E-state index contributed by atoms with van der Waals surface area (Å²) in [6.45, 7) is 0. The van der Waals surface area contributed by atoms with Gasteiger partial charge < -0.3 is 0 Å². The predicted molar refractivity (Wildman–Crippen MR) is 70.1 cm³/mol. The highest BCUT2D eigenvalue weighted by molar-refractivity contribution is 5.79. The summed E-state index contributed by atoms with van der Waals surface area (Å²) in [6, 6.07) is 11.0. The minimum Gasteiger partial charge on any atom is -0.289 e. The first-order valence-electron chi connectivity index (χ1n) is 6.53. The van der Waals surface area contributed by atoms with Gasteiger partial charge in [0.1, 0.15) is 0 Å². The standard InChI is InChI=1S/C15H21N/c1-2-7-11-15(12-8-3-1)16-13-14-9-5-4-6-10-14/h4-6,9-10,13,15H,1-3,7-8,11-12H2. The molecule has 1 aliphatic rings. The van der Waals surface area contributed by atoms with Crippen molar-refractivity contribution in [2.75, 3.05) is 0 Å². The van der Waals surface area contributed by atoms with Gasteiger partial charge in [-0.3, -0.25) is 4.99 Å². The molecule has 0 radical (unpaired) electrons. The molecular formula is C15H21N. The summed E-state index contributed by atoms with van der Waals surface area (Å²) < 4.78 is 0. The van der Waals surface area contributed by atoms with E-state index < -0.39 is 0 Å². The molecule has 0 N–H and O–H groups in total. The molecule has 0 unspecified atom stereocenters. The fraction of sp³-hybridized carbons (Fsp3) is 0.533. The molecule has 0 saturated heterocycles. The quantitative estimate of drug-likeness (QED) is 0.655. The maximum Gasteiger partial charge on any atom is 0.0499 e. The summed E-state index contributed by atoms with van der Waals surface area (Å²) in [6.07, 6.45) is 11.6. The van der Waals surface area contributed by atoms with E-state index >= 15 is 0 Å². The number of hydrogen-bond acceptors (Lipinski definition) is 1. The molecule has 0 spiro atoms. The molecule has 0 amide bonds. The fourth-order valence-electron chi connectivity index (χ4n) is 2.31. The second-order valence-corrected chi connectivity index (χ2v) is 4.69. The van der Waals surface area contributed by atoms with Crippen LogP contribution in [0.5, 0.6) is 0 Å². The number of hydrogen-bond donors (Lipinski definition) is 0. The minimum atomic E-state index is 0.570. The van der Waals surface area contributed by atoms with Crippen LogP contribution in [-0.2, 0) is 0 Å². The molecular weight excluding hydrogens is 194 g/mol. The van der Waals surface area contributed by atoms with Crippen LogP contribution in [0.2, 0.25) is 0 Å². The second kappa shape index (κ2) is 6.47. The average Bonchev–Trinajstić information content (AvgIpc) is 2.29. The Morgan fingerprint density at radius 3 is 2.19 bits per heavy atom. The van der Waals surface area contributed by atoms with Crippen molar-refractivity contribution in [1.29, 1.82) is 0 Å². The molecule has 0 heterocycles. The smallest absolute Gasteiger partial charge is 0.0499 e. The van der Waals surface area contributed by atoms with E-state index in [0.717, 1.165) is 0 Å². The van der Waals surface area contributed by atoms with E-state index in [1.165, 1.54) is 50.5 Å². The molecule has 16 heavy (non-hydrogen) atoms. The molecule has 1 saturated carbocycles. The maximum absolute atomic E-state index is 4.73. The second-order valence-electron chi connectivity index (χ2n) is 4.69. The largest absolute Gasteiger partial charge is 0.289 e. The maximum atomic E-state index is 4.73. The number of benzene rings is 1. The van der Waals surface area contributed by atoms with Crippen LogP contribution in [0, 0.1) is 0 Å². The van der Waals surface area contributed by atoms with E-state index in [-0.39, 0.29) is 0 Å². The molecule has 1 aliphatic carbocycles. The summed E-state index contributed by atoms with van der Waals surface area (Å²) >= 11 is 0. The van der Waals surface area contributed by atoms with Crippen molar-refractivity contribution in [3.8, 4) is 0 Å². The lowest BCUT2D eigenvalue weighted by molar-refractivity contribution is 0.456. The average molecular weight is 215 g/mol. The summed E-state index contributed by atoms with van der Waals surface area (Å²) in [7, 11) is 0. The summed E-state index contributed by atoms with van der Waals surface area (Å²) in [5.41, 5.74) is 1.23. The third kappa shape index (κ3) is 3.80. The van der Waals surface area contributed by atoms with Crippen LogP contribution < -0.4 is 0 Å². The minimum absolute atomic E-state index is 0.570. The third-order valence-corrected chi connectivity index (χ3v) is 3.31. The molecule has 1 fully saturated rings. The Kier molecular flexibility index (Phi) is 4.60. The van der Waals surface area contributed by atoms with Gasteiger partial charge in [0.2, 0.25) is 0 Å². The van der Waals surface area contributed by atoms with Gasteiger partial charge >= 0.3 is 0 Å². The molecule has 1 nitrogen and oxygen atoms in total. The van der Waals surface area contributed by atoms with E-state index in [0.29, 0.717) is 6.04 Å². The summed E-state index contributed by atoms with van der Waals surface area (Å²) in [4.78, 5) is 4.73. The molecule has 1 aromatic carbocycles. The van der Waals surface area contributed by atoms with Gasteiger partial charge in [-0.1, -0.05) is 62.4 Å². The molecule has 0 bridgehead atoms. The van der Waals surface area contributed by atoms with Crippen molar-refractivity contribution >= 4 is 6.21 Å². The highest BCUT2D eigenvalue weighted by atomic mass is 14.8. The van der Waals surface area contributed by atoms with Crippen molar-refractivity contribution in [3.63, 3.8) is 0 Å². The number of nitrogens with zero attached hydrogens (tertiary/aromatic N) is 1. The summed E-state index contributed by atoms with van der Waals surface area (Å²) in [5.74, 6) is 0. The molecule has 0 atom stereocenters. The van der Waals surface area contributed by atoms with Gasteiger partial charge in [0, 0.05) is 12.3 Å². The highest BCUT2D eigenvalue weighted by Gasteiger charge is 2.08. The Morgan fingerprint density at radius 2 is 1.50 bits per heavy atom. The first kappa shape index (κ1) is 11.4. The van der Waals surface area contributed by atoms with Crippen LogP contribution in [0.4, 0.5) is 0 Å². The zero-order valence-corrected chi connectivity index (χ0v) is 9.94. The van der Waals surface area contributed by atoms with Gasteiger partial charge in [0.25, 0.3) is 0 Å². The van der Waals surface area contributed by atoms with E-state index in [9.17, 15) is 0 Å². The van der Waals surface area contributed by atoms with E-state index in [1.807, 2.05) is 12.3 Å². The topological polar surface area (TPSA) is 12.4 Å². The lowest BCUT2D eigenvalue weighted by Crippen LogP contribution is -2.07.